The summed E-state index contributed by atoms with van der Waals surface area (Å²) in [5.74, 6) is 0. The van der Waals surface area contributed by atoms with Crippen molar-refractivity contribution >= 4 is 54.8 Å². The number of aromatic nitrogens is 1. The average molecular weight is 279 g/mol. The Morgan fingerprint density at radius 3 is 3.00 bits per heavy atom. The van der Waals surface area contributed by atoms with Gasteiger partial charge in [0.25, 0.3) is 0 Å². The quantitative estimate of drug-likeness (QED) is 0.866. The van der Waals surface area contributed by atoms with Gasteiger partial charge in [0.1, 0.15) is 0 Å². The van der Waals surface area contributed by atoms with Crippen molar-refractivity contribution in [3.63, 3.8) is 0 Å². The fourth-order valence-electron chi connectivity index (χ4n) is 1.04. The summed E-state index contributed by atoms with van der Waals surface area (Å²) >= 11 is 4.83. The average Bonchev–Trinajstić information content (AvgIpc) is 2.43. The van der Waals surface area contributed by atoms with Crippen LogP contribution < -0.4 is 5.73 Å². The largest absolute Gasteiger partial charge is 0.375 e. The Morgan fingerprint density at radius 1 is 1.54 bits per heavy atom. The first-order valence-electron chi connectivity index (χ1n) is 3.35. The fourth-order valence-corrected chi connectivity index (χ4v) is 3.07. The number of rotatable bonds is 1. The summed E-state index contributed by atoms with van der Waals surface area (Å²) in [6.45, 7) is 0. The van der Waals surface area contributed by atoms with E-state index in [0.717, 1.165) is 9.17 Å². The maximum atomic E-state index is 12.5. The molecule has 0 atom stereocenters. The predicted octanol–water partition coefficient (Wildman–Crippen LogP) is 3.62. The van der Waals surface area contributed by atoms with Crippen molar-refractivity contribution in [2.24, 2.45) is 0 Å². The summed E-state index contributed by atoms with van der Waals surface area (Å²) < 4.78 is 14.2. The van der Waals surface area contributed by atoms with Crippen molar-refractivity contribution in [2.75, 3.05) is 5.73 Å². The first kappa shape index (κ1) is 9.23. The normalized spacial score (nSPS) is 10.9. The molecule has 2 aromatic rings. The van der Waals surface area contributed by atoms with Crippen LogP contribution in [0.15, 0.2) is 21.5 Å². The van der Waals surface area contributed by atoms with Crippen LogP contribution in [0, 0.1) is 0 Å². The molecule has 6 heteroatoms. The maximum absolute atomic E-state index is 12.5. The molecule has 1 heterocycles. The first-order chi connectivity index (χ1) is 6.20. The molecule has 2 nitrogen and oxygen atoms in total. The molecule has 0 fully saturated rings. The Bertz CT molecular complexity index is 457. The topological polar surface area (TPSA) is 38.9 Å². The molecule has 68 valence electrons. The SMILES string of the molecule is Nc1nc2c(SF)cc(Br)cc2s1. The standard InChI is InChI=1S/C7H4BrFN2S2/c8-3-1-4-6(5(2-3)13-9)11-7(10)12-4/h1-2H,(H2,10,11). The second-order valence-corrected chi connectivity index (χ2v) is 4.95. The van der Waals surface area contributed by atoms with Gasteiger partial charge in [-0.15, -0.1) is 0 Å². The van der Waals surface area contributed by atoms with E-state index >= 15 is 0 Å². The van der Waals surface area contributed by atoms with E-state index in [9.17, 15) is 3.89 Å². The molecule has 0 bridgehead atoms. The van der Waals surface area contributed by atoms with Crippen molar-refractivity contribution < 1.29 is 3.89 Å². The molecule has 1 aromatic carbocycles. The zero-order chi connectivity index (χ0) is 9.42. The molecular weight excluding hydrogens is 275 g/mol. The minimum atomic E-state index is 0.184. The number of nitrogen functional groups attached to an aromatic ring is 1. The fraction of sp³-hybridized carbons (Fsp3) is 0. The van der Waals surface area contributed by atoms with Crippen LogP contribution in [0.1, 0.15) is 0 Å². The summed E-state index contributed by atoms with van der Waals surface area (Å²) in [4.78, 5) is 4.54. The van der Waals surface area contributed by atoms with E-state index in [0.29, 0.717) is 15.5 Å². The van der Waals surface area contributed by atoms with Crippen LogP contribution in [0.3, 0.4) is 0 Å². The smallest absolute Gasteiger partial charge is 0.181 e. The van der Waals surface area contributed by atoms with E-state index < -0.39 is 0 Å². The van der Waals surface area contributed by atoms with E-state index in [-0.39, 0.29) is 12.1 Å². The zero-order valence-electron chi connectivity index (χ0n) is 6.25. The van der Waals surface area contributed by atoms with Gasteiger partial charge in [0, 0.05) is 4.47 Å². The number of thiazole rings is 1. The van der Waals surface area contributed by atoms with Crippen molar-refractivity contribution in [2.45, 2.75) is 4.90 Å². The minimum absolute atomic E-state index is 0.184. The highest BCUT2D eigenvalue weighted by molar-refractivity contribution is 9.10. The Hall–Kier alpha value is -0.330. The van der Waals surface area contributed by atoms with Crippen molar-refractivity contribution in [1.82, 2.24) is 4.98 Å². The molecule has 0 unspecified atom stereocenters. The maximum Gasteiger partial charge on any atom is 0.181 e. The molecule has 2 N–H and O–H groups in total. The number of anilines is 1. The van der Waals surface area contributed by atoms with Gasteiger partial charge in [0.15, 0.2) is 5.13 Å². The van der Waals surface area contributed by atoms with Crippen molar-refractivity contribution in [1.29, 1.82) is 0 Å². The lowest BCUT2D eigenvalue weighted by Crippen LogP contribution is -1.80. The van der Waals surface area contributed by atoms with E-state index in [2.05, 4.69) is 20.9 Å². The molecule has 0 amide bonds. The number of nitrogens with zero attached hydrogens (tertiary/aromatic N) is 1. The molecule has 0 saturated carbocycles. The third-order valence-electron chi connectivity index (χ3n) is 1.52. The highest BCUT2D eigenvalue weighted by Gasteiger charge is 2.08. The lowest BCUT2D eigenvalue weighted by Gasteiger charge is -1.95. The van der Waals surface area contributed by atoms with E-state index in [1.165, 1.54) is 11.3 Å². The van der Waals surface area contributed by atoms with Gasteiger partial charge in [0.05, 0.1) is 27.3 Å². The van der Waals surface area contributed by atoms with Gasteiger partial charge in [0.2, 0.25) is 0 Å². The second kappa shape index (κ2) is 3.43. The third kappa shape index (κ3) is 1.66. The summed E-state index contributed by atoms with van der Waals surface area (Å²) in [6, 6.07) is 3.56. The van der Waals surface area contributed by atoms with Crippen molar-refractivity contribution in [3.8, 4) is 0 Å². The second-order valence-electron chi connectivity index (χ2n) is 2.38. The summed E-state index contributed by atoms with van der Waals surface area (Å²) in [6.07, 6.45) is 0. The van der Waals surface area contributed by atoms with Crippen LogP contribution in [0.4, 0.5) is 9.02 Å². The molecule has 0 spiro atoms. The van der Waals surface area contributed by atoms with Crippen LogP contribution in [0.2, 0.25) is 0 Å². The van der Waals surface area contributed by atoms with Gasteiger partial charge in [-0.25, -0.2) is 4.98 Å². The summed E-state index contributed by atoms with van der Waals surface area (Å²) in [5, 5.41) is 0.461. The molecule has 0 saturated heterocycles. The number of halogens is 2. The molecule has 0 aliphatic heterocycles. The van der Waals surface area contributed by atoms with Crippen LogP contribution in [-0.2, 0) is 0 Å². The van der Waals surface area contributed by atoms with Gasteiger partial charge in [-0.05, 0) is 12.1 Å². The van der Waals surface area contributed by atoms with Crippen LogP contribution >= 0.6 is 39.4 Å². The molecule has 0 aliphatic rings. The van der Waals surface area contributed by atoms with E-state index in [1.807, 2.05) is 6.07 Å². The van der Waals surface area contributed by atoms with Gasteiger partial charge in [-0.2, -0.15) is 3.89 Å². The van der Waals surface area contributed by atoms with Gasteiger partial charge < -0.3 is 5.73 Å². The Balaban J connectivity index is 2.80. The predicted molar refractivity (Wildman–Crippen MR) is 58.7 cm³/mol. The minimum Gasteiger partial charge on any atom is -0.375 e. The Labute approximate surface area is 90.8 Å². The molecular formula is C7H4BrFN2S2. The number of nitrogens with two attached hydrogens (primary N) is 1. The van der Waals surface area contributed by atoms with E-state index in [4.69, 9.17) is 5.73 Å². The van der Waals surface area contributed by atoms with Gasteiger partial charge >= 0.3 is 0 Å². The lowest BCUT2D eigenvalue weighted by molar-refractivity contribution is 0.935. The summed E-state index contributed by atoms with van der Waals surface area (Å²) in [7, 11) is 0. The van der Waals surface area contributed by atoms with E-state index in [1.54, 1.807) is 6.07 Å². The molecule has 1 aromatic heterocycles. The molecule has 13 heavy (non-hydrogen) atoms. The highest BCUT2D eigenvalue weighted by Crippen LogP contribution is 2.35. The van der Waals surface area contributed by atoms with Gasteiger partial charge in [-0.1, -0.05) is 27.3 Å². The Morgan fingerprint density at radius 2 is 2.31 bits per heavy atom. The first-order valence-corrected chi connectivity index (χ1v) is 5.67. The Kier molecular flexibility index (Phi) is 2.44. The molecule has 0 radical (unpaired) electrons. The number of fused-ring (bicyclic) bond motifs is 1. The van der Waals surface area contributed by atoms with Crippen LogP contribution in [0.25, 0.3) is 10.2 Å². The van der Waals surface area contributed by atoms with Crippen molar-refractivity contribution in [3.05, 3.63) is 16.6 Å². The molecule has 2 rings (SSSR count). The lowest BCUT2D eigenvalue weighted by atomic mass is 10.3. The van der Waals surface area contributed by atoms with Crippen LogP contribution in [-0.4, -0.2) is 4.98 Å². The zero-order valence-corrected chi connectivity index (χ0v) is 9.47. The highest BCUT2D eigenvalue weighted by atomic mass is 79.9. The number of hydrogen-bond acceptors (Lipinski definition) is 4. The van der Waals surface area contributed by atoms with Crippen LogP contribution in [0.5, 0.6) is 0 Å². The third-order valence-corrected chi connectivity index (χ3v) is 3.29. The summed E-state index contributed by atoms with van der Waals surface area (Å²) in [5.41, 5.74) is 6.16. The molecule has 0 aliphatic carbocycles. The number of benzene rings is 1. The monoisotopic (exact) mass is 278 g/mol. The van der Waals surface area contributed by atoms with Gasteiger partial charge in [-0.3, -0.25) is 0 Å². The number of hydrogen-bond donors (Lipinski definition) is 1.